The summed E-state index contributed by atoms with van der Waals surface area (Å²) in [6, 6.07) is 3.05. The molecule has 1 aromatic rings. The monoisotopic (exact) mass is 364 g/mol. The van der Waals surface area contributed by atoms with Gasteiger partial charge in [0.2, 0.25) is 0 Å². The molecule has 1 saturated carbocycles. The first-order valence-corrected chi connectivity index (χ1v) is 7.98. The molecule has 2 bridgehead atoms. The van der Waals surface area contributed by atoms with Crippen molar-refractivity contribution in [2.24, 2.45) is 23.7 Å². The van der Waals surface area contributed by atoms with Crippen LogP contribution < -0.4 is 5.43 Å². The molecule has 0 spiro atoms. The molecule has 1 aliphatic heterocycles. The van der Waals surface area contributed by atoms with Gasteiger partial charge in [0.25, 0.3) is 11.8 Å². The number of nitrogens with zero attached hydrogens (tertiary/aromatic N) is 1. The molecule has 2 heterocycles. The van der Waals surface area contributed by atoms with Crippen LogP contribution in [0, 0.1) is 23.7 Å². The van der Waals surface area contributed by atoms with Crippen LogP contribution >= 0.6 is 15.9 Å². The van der Waals surface area contributed by atoms with Crippen LogP contribution in [0.5, 0.6) is 0 Å². The predicted molar refractivity (Wildman–Crippen MR) is 78.1 cm³/mol. The number of nitrogens with one attached hydrogen (secondary N) is 1. The van der Waals surface area contributed by atoms with Crippen molar-refractivity contribution in [1.82, 2.24) is 10.4 Å². The first-order valence-electron chi connectivity index (χ1n) is 7.18. The summed E-state index contributed by atoms with van der Waals surface area (Å²) in [5, 5.41) is 0.881. The normalized spacial score (nSPS) is 32.5. The van der Waals surface area contributed by atoms with Gasteiger partial charge in [-0.3, -0.25) is 19.8 Å². The number of carbonyl (C=O) groups excluding carboxylic acids is 3. The molecular formula is C15H13BrN2O4. The summed E-state index contributed by atoms with van der Waals surface area (Å²) in [5.74, 6) is -1.65. The van der Waals surface area contributed by atoms with Gasteiger partial charge < -0.3 is 4.42 Å². The van der Waals surface area contributed by atoms with E-state index in [1.54, 1.807) is 6.07 Å². The maximum absolute atomic E-state index is 12.5. The summed E-state index contributed by atoms with van der Waals surface area (Å²) in [4.78, 5) is 37.2. The predicted octanol–water partition coefficient (Wildman–Crippen LogP) is 1.88. The lowest BCUT2D eigenvalue weighted by Crippen LogP contribution is -2.46. The average Bonchev–Trinajstić information content (AvgIpc) is 3.07. The minimum atomic E-state index is -0.605. The molecule has 114 valence electrons. The van der Waals surface area contributed by atoms with Gasteiger partial charge in [-0.2, -0.15) is 5.01 Å². The van der Waals surface area contributed by atoms with Crippen LogP contribution in [0.1, 0.15) is 23.4 Å². The first kappa shape index (κ1) is 13.8. The van der Waals surface area contributed by atoms with Crippen molar-refractivity contribution < 1.29 is 18.8 Å². The Morgan fingerprint density at radius 2 is 1.73 bits per heavy atom. The summed E-state index contributed by atoms with van der Waals surface area (Å²) in [6.07, 6.45) is 5.92. The van der Waals surface area contributed by atoms with Crippen LogP contribution in [0.25, 0.3) is 0 Å². The van der Waals surface area contributed by atoms with E-state index < -0.39 is 5.91 Å². The van der Waals surface area contributed by atoms with Gasteiger partial charge in [0.1, 0.15) is 0 Å². The zero-order chi connectivity index (χ0) is 15.4. The van der Waals surface area contributed by atoms with Gasteiger partial charge >= 0.3 is 5.91 Å². The van der Waals surface area contributed by atoms with E-state index in [1.165, 1.54) is 6.07 Å². The topological polar surface area (TPSA) is 79.6 Å². The van der Waals surface area contributed by atoms with Crippen molar-refractivity contribution in [3.63, 3.8) is 0 Å². The van der Waals surface area contributed by atoms with Crippen molar-refractivity contribution in [3.05, 3.63) is 34.7 Å². The van der Waals surface area contributed by atoms with Crippen molar-refractivity contribution in [2.45, 2.75) is 12.8 Å². The van der Waals surface area contributed by atoms with Crippen molar-refractivity contribution in [1.29, 1.82) is 0 Å². The maximum atomic E-state index is 12.5. The zero-order valence-electron chi connectivity index (χ0n) is 11.5. The summed E-state index contributed by atoms with van der Waals surface area (Å²) in [7, 11) is 0. The average molecular weight is 365 g/mol. The van der Waals surface area contributed by atoms with Gasteiger partial charge in [-0.1, -0.05) is 12.2 Å². The lowest BCUT2D eigenvalue weighted by atomic mass is 9.63. The highest BCUT2D eigenvalue weighted by Gasteiger charge is 2.57. The molecule has 7 heteroatoms. The molecule has 0 unspecified atom stereocenters. The number of fused-ring (bicyclic) bond motifs is 1. The van der Waals surface area contributed by atoms with Gasteiger partial charge in [-0.05, 0) is 52.7 Å². The Labute approximate surface area is 134 Å². The molecule has 3 amide bonds. The third-order valence-electron chi connectivity index (χ3n) is 4.77. The number of hydrazine groups is 1. The van der Waals surface area contributed by atoms with Crippen molar-refractivity contribution in [2.75, 3.05) is 0 Å². The van der Waals surface area contributed by atoms with E-state index in [0.717, 1.165) is 17.9 Å². The van der Waals surface area contributed by atoms with E-state index >= 15 is 0 Å². The number of allylic oxidation sites excluding steroid dienone is 2. The molecule has 0 radical (unpaired) electrons. The Balaban J connectivity index is 1.58. The SMILES string of the molecule is O=C(NN1C(=O)[C@@H]2[C@H](C1=O)[C@@H]1C=C[C@H]2CC1)c1ccc(Br)o1. The molecule has 3 aliphatic carbocycles. The van der Waals surface area contributed by atoms with E-state index in [-0.39, 0.29) is 41.2 Å². The summed E-state index contributed by atoms with van der Waals surface area (Å²) >= 11 is 3.11. The van der Waals surface area contributed by atoms with Crippen LogP contribution in [0.15, 0.2) is 33.4 Å². The summed E-state index contributed by atoms with van der Waals surface area (Å²) in [6.45, 7) is 0. The number of imide groups is 1. The molecule has 5 rings (SSSR count). The molecule has 2 fully saturated rings. The highest BCUT2D eigenvalue weighted by Crippen LogP contribution is 2.49. The third-order valence-corrected chi connectivity index (χ3v) is 5.20. The van der Waals surface area contributed by atoms with E-state index in [4.69, 9.17) is 4.42 Å². The number of carbonyl (C=O) groups is 3. The Kier molecular flexibility index (Phi) is 3.00. The van der Waals surface area contributed by atoms with Crippen LogP contribution in [0.3, 0.4) is 0 Å². The number of hydrogen-bond acceptors (Lipinski definition) is 4. The highest BCUT2D eigenvalue weighted by atomic mass is 79.9. The number of amides is 3. The second-order valence-electron chi connectivity index (χ2n) is 5.90. The molecule has 4 atom stereocenters. The molecule has 6 nitrogen and oxygen atoms in total. The van der Waals surface area contributed by atoms with Crippen molar-refractivity contribution >= 4 is 33.7 Å². The third kappa shape index (κ3) is 1.88. The molecule has 22 heavy (non-hydrogen) atoms. The maximum Gasteiger partial charge on any atom is 0.306 e. The minimum Gasteiger partial charge on any atom is -0.444 e. The van der Waals surface area contributed by atoms with E-state index in [2.05, 4.69) is 21.4 Å². The lowest BCUT2D eigenvalue weighted by Gasteiger charge is -2.37. The highest BCUT2D eigenvalue weighted by molar-refractivity contribution is 9.10. The van der Waals surface area contributed by atoms with Crippen LogP contribution in [0.2, 0.25) is 0 Å². The van der Waals surface area contributed by atoms with Gasteiger partial charge in [0, 0.05) is 0 Å². The molecule has 0 aromatic carbocycles. The number of furan rings is 1. The Bertz CT molecular complexity index is 678. The molecule has 4 aliphatic rings. The zero-order valence-corrected chi connectivity index (χ0v) is 13.1. The molecule has 1 N–H and O–H groups in total. The summed E-state index contributed by atoms with van der Waals surface area (Å²) in [5.41, 5.74) is 2.39. The second-order valence-corrected chi connectivity index (χ2v) is 6.68. The van der Waals surface area contributed by atoms with E-state index in [0.29, 0.717) is 4.67 Å². The number of hydrogen-bond donors (Lipinski definition) is 1. The quantitative estimate of drug-likeness (QED) is 0.641. The van der Waals surface area contributed by atoms with Gasteiger partial charge in [0.05, 0.1) is 11.8 Å². The Hall–Kier alpha value is -1.89. The largest absolute Gasteiger partial charge is 0.444 e. The fraction of sp³-hybridized carbons (Fsp3) is 0.400. The van der Waals surface area contributed by atoms with Crippen LogP contribution in [0.4, 0.5) is 0 Å². The lowest BCUT2D eigenvalue weighted by molar-refractivity contribution is -0.143. The standard InChI is InChI=1S/C15H13BrN2O4/c16-10-6-5-9(22-10)13(19)17-18-14(20)11-7-1-2-8(4-3-7)12(11)15(18)21/h1-2,5-8,11-12H,3-4H2,(H,17,19)/t7-,8+,11-,12+. The number of rotatable bonds is 2. The number of halogens is 1. The van der Waals surface area contributed by atoms with Gasteiger partial charge in [-0.15, -0.1) is 0 Å². The van der Waals surface area contributed by atoms with Crippen LogP contribution in [-0.2, 0) is 9.59 Å². The van der Waals surface area contributed by atoms with E-state index in [1.807, 2.05) is 12.2 Å². The Morgan fingerprint density at radius 1 is 1.14 bits per heavy atom. The molecular weight excluding hydrogens is 352 g/mol. The molecule has 1 aromatic heterocycles. The fourth-order valence-electron chi connectivity index (χ4n) is 3.78. The smallest absolute Gasteiger partial charge is 0.306 e. The van der Waals surface area contributed by atoms with Gasteiger partial charge in [0.15, 0.2) is 10.4 Å². The fourth-order valence-corrected chi connectivity index (χ4v) is 4.08. The second kappa shape index (κ2) is 4.81. The minimum absolute atomic E-state index is 0.0449. The van der Waals surface area contributed by atoms with Crippen molar-refractivity contribution in [3.8, 4) is 0 Å². The summed E-state index contributed by atoms with van der Waals surface area (Å²) < 4.78 is 5.55. The Morgan fingerprint density at radius 3 is 2.18 bits per heavy atom. The molecule has 1 saturated heterocycles. The van der Waals surface area contributed by atoms with Gasteiger partial charge in [-0.25, -0.2) is 0 Å². The van der Waals surface area contributed by atoms with E-state index in [9.17, 15) is 14.4 Å². The first-order chi connectivity index (χ1) is 10.6. The van der Waals surface area contributed by atoms with Crippen LogP contribution in [-0.4, -0.2) is 22.7 Å².